The lowest BCUT2D eigenvalue weighted by Crippen LogP contribution is -2.45. The second kappa shape index (κ2) is 10.0. The molecule has 0 aromatic heterocycles. The summed E-state index contributed by atoms with van der Waals surface area (Å²) in [5.74, 6) is -0.649. The van der Waals surface area contributed by atoms with Crippen molar-refractivity contribution in [1.29, 1.82) is 0 Å². The van der Waals surface area contributed by atoms with Gasteiger partial charge in [0.2, 0.25) is 15.9 Å². The van der Waals surface area contributed by atoms with Gasteiger partial charge in [-0.1, -0.05) is 36.4 Å². The highest BCUT2D eigenvalue weighted by Gasteiger charge is 2.26. The predicted molar refractivity (Wildman–Crippen MR) is 123 cm³/mol. The maximum atomic E-state index is 13.3. The number of hydrogen-bond acceptors (Lipinski definition) is 5. The van der Waals surface area contributed by atoms with Crippen LogP contribution >= 0.6 is 0 Å². The van der Waals surface area contributed by atoms with Gasteiger partial charge >= 0.3 is 0 Å². The number of rotatable bonds is 8. The third kappa shape index (κ3) is 5.59. The molecular formula is C24H22FN3O5S. The minimum atomic E-state index is -3.85. The lowest BCUT2D eigenvalue weighted by Gasteiger charge is -2.28. The third-order valence-corrected chi connectivity index (χ3v) is 6.56. The number of carbonyl (C=O) groups excluding carboxylic acids is 2. The zero-order valence-electron chi connectivity index (χ0n) is 18.0. The second-order valence-electron chi connectivity index (χ2n) is 7.61. The number of sulfonamides is 1. The zero-order chi connectivity index (χ0) is 24.1. The van der Waals surface area contributed by atoms with Gasteiger partial charge in [-0.25, -0.2) is 17.5 Å². The Kier molecular flexibility index (Phi) is 6.90. The molecule has 2 N–H and O–H groups in total. The van der Waals surface area contributed by atoms with Crippen LogP contribution in [0.1, 0.15) is 11.1 Å². The van der Waals surface area contributed by atoms with Crippen LogP contribution in [0.5, 0.6) is 5.75 Å². The number of halogens is 1. The van der Waals surface area contributed by atoms with Crippen molar-refractivity contribution >= 4 is 27.5 Å². The topological polar surface area (TPSA) is 105 Å². The number of hydrogen-bond donors (Lipinski definition) is 2. The molecule has 8 nitrogen and oxygen atoms in total. The maximum Gasteiger partial charge on any atom is 0.265 e. The smallest absolute Gasteiger partial charge is 0.265 e. The van der Waals surface area contributed by atoms with Crippen molar-refractivity contribution in [2.75, 3.05) is 18.1 Å². The lowest BCUT2D eigenvalue weighted by atomic mass is 10.2. The van der Waals surface area contributed by atoms with Crippen LogP contribution in [-0.4, -0.2) is 33.4 Å². The highest BCUT2D eigenvalue weighted by Crippen LogP contribution is 2.31. The molecule has 0 bridgehead atoms. The number of fused-ring (bicyclic) bond motifs is 1. The number of benzene rings is 3. The lowest BCUT2D eigenvalue weighted by molar-refractivity contribution is -0.125. The van der Waals surface area contributed by atoms with E-state index in [-0.39, 0.29) is 37.0 Å². The standard InChI is InChI=1S/C24H22FN3O5S/c25-19-7-3-5-17(11-19)14-27-34(31,32)20-8-4-6-18(12-20)13-26-23(29)15-28-21-9-1-2-10-22(21)33-16-24(28)30/h1-12,27H,13-16H2,(H,26,29). The van der Waals surface area contributed by atoms with Crippen molar-refractivity contribution in [3.63, 3.8) is 0 Å². The van der Waals surface area contributed by atoms with E-state index in [9.17, 15) is 22.4 Å². The molecule has 10 heteroatoms. The van der Waals surface area contributed by atoms with Crippen LogP contribution in [0.4, 0.5) is 10.1 Å². The first-order valence-corrected chi connectivity index (χ1v) is 11.9. The van der Waals surface area contributed by atoms with Gasteiger partial charge in [-0.05, 0) is 47.5 Å². The Morgan fingerprint density at radius 3 is 2.50 bits per heavy atom. The SMILES string of the molecule is O=C(CN1C(=O)COc2ccccc21)NCc1cccc(S(=O)(=O)NCc2cccc(F)c2)c1. The normalized spacial score (nSPS) is 13.2. The average molecular weight is 484 g/mol. The quantitative estimate of drug-likeness (QED) is 0.512. The van der Waals surface area contributed by atoms with E-state index >= 15 is 0 Å². The van der Waals surface area contributed by atoms with Crippen LogP contribution in [0.3, 0.4) is 0 Å². The molecule has 3 aromatic rings. The van der Waals surface area contributed by atoms with Crippen molar-refractivity contribution < 1.29 is 27.1 Å². The molecular weight excluding hydrogens is 461 g/mol. The van der Waals surface area contributed by atoms with Gasteiger partial charge in [-0.2, -0.15) is 0 Å². The Hall–Kier alpha value is -3.76. The van der Waals surface area contributed by atoms with E-state index in [1.54, 1.807) is 42.5 Å². The van der Waals surface area contributed by atoms with Gasteiger partial charge in [0, 0.05) is 13.1 Å². The van der Waals surface area contributed by atoms with Gasteiger partial charge in [0.15, 0.2) is 6.61 Å². The minimum absolute atomic E-state index is 0.0212. The summed E-state index contributed by atoms with van der Waals surface area (Å²) in [6.07, 6.45) is 0. The summed E-state index contributed by atoms with van der Waals surface area (Å²) in [4.78, 5) is 26.1. The summed E-state index contributed by atoms with van der Waals surface area (Å²) in [6.45, 7) is -0.318. The number of ether oxygens (including phenoxy) is 1. The predicted octanol–water partition coefficient (Wildman–Crippen LogP) is 2.35. The van der Waals surface area contributed by atoms with Crippen LogP contribution in [-0.2, 0) is 32.7 Å². The zero-order valence-corrected chi connectivity index (χ0v) is 18.8. The summed E-state index contributed by atoms with van der Waals surface area (Å²) in [5.41, 5.74) is 1.58. The highest BCUT2D eigenvalue weighted by atomic mass is 32.2. The van der Waals surface area contributed by atoms with Gasteiger partial charge in [0.25, 0.3) is 5.91 Å². The van der Waals surface area contributed by atoms with Gasteiger partial charge in [0.05, 0.1) is 10.6 Å². The maximum absolute atomic E-state index is 13.3. The number of para-hydroxylation sites is 2. The molecule has 1 heterocycles. The molecule has 0 saturated heterocycles. The number of amides is 2. The van der Waals surface area contributed by atoms with Crippen LogP contribution < -0.4 is 19.7 Å². The van der Waals surface area contributed by atoms with E-state index in [1.807, 2.05) is 0 Å². The van der Waals surface area contributed by atoms with Crippen molar-refractivity contribution in [3.05, 3.63) is 89.7 Å². The average Bonchev–Trinajstić information content (AvgIpc) is 2.84. The molecule has 4 rings (SSSR count). The van der Waals surface area contributed by atoms with Crippen molar-refractivity contribution in [1.82, 2.24) is 10.0 Å². The van der Waals surface area contributed by atoms with Crippen LogP contribution in [0.2, 0.25) is 0 Å². The molecule has 0 aliphatic carbocycles. The molecule has 2 amide bonds. The van der Waals surface area contributed by atoms with Gasteiger partial charge in [0.1, 0.15) is 18.1 Å². The molecule has 0 unspecified atom stereocenters. The van der Waals surface area contributed by atoms with Gasteiger partial charge < -0.3 is 10.1 Å². The Bertz CT molecular complexity index is 1330. The molecule has 3 aromatic carbocycles. The fourth-order valence-electron chi connectivity index (χ4n) is 3.46. The molecule has 176 valence electrons. The molecule has 0 spiro atoms. The van der Waals surface area contributed by atoms with Crippen molar-refractivity contribution in [2.24, 2.45) is 0 Å². The molecule has 1 aliphatic heterocycles. The van der Waals surface area contributed by atoms with Gasteiger partial charge in [-0.15, -0.1) is 0 Å². The molecule has 0 saturated carbocycles. The van der Waals surface area contributed by atoms with E-state index in [4.69, 9.17) is 4.74 Å². The molecule has 0 fully saturated rings. The first-order valence-electron chi connectivity index (χ1n) is 10.4. The second-order valence-corrected chi connectivity index (χ2v) is 9.38. The molecule has 0 atom stereocenters. The van der Waals surface area contributed by atoms with E-state index in [1.165, 1.54) is 35.2 Å². The van der Waals surface area contributed by atoms with E-state index in [2.05, 4.69) is 10.0 Å². The first kappa shape index (κ1) is 23.4. The number of anilines is 1. The number of carbonyl (C=O) groups is 2. The van der Waals surface area contributed by atoms with Gasteiger partial charge in [-0.3, -0.25) is 14.5 Å². The van der Waals surface area contributed by atoms with Crippen LogP contribution in [0.25, 0.3) is 0 Å². The number of nitrogens with one attached hydrogen (secondary N) is 2. The first-order chi connectivity index (χ1) is 16.3. The highest BCUT2D eigenvalue weighted by molar-refractivity contribution is 7.89. The summed E-state index contributed by atoms with van der Waals surface area (Å²) < 4.78 is 46.4. The number of nitrogens with zero attached hydrogens (tertiary/aromatic N) is 1. The van der Waals surface area contributed by atoms with E-state index in [0.717, 1.165) is 0 Å². The summed E-state index contributed by atoms with van der Waals surface area (Å²) in [6, 6.07) is 18.7. The Morgan fingerprint density at radius 1 is 0.971 bits per heavy atom. The third-order valence-electron chi connectivity index (χ3n) is 5.16. The van der Waals surface area contributed by atoms with Crippen LogP contribution in [0, 0.1) is 5.82 Å². The van der Waals surface area contributed by atoms with E-state index in [0.29, 0.717) is 22.6 Å². The van der Waals surface area contributed by atoms with Crippen molar-refractivity contribution in [2.45, 2.75) is 18.0 Å². The summed E-state index contributed by atoms with van der Waals surface area (Å²) in [7, 11) is -3.85. The Morgan fingerprint density at radius 2 is 1.71 bits per heavy atom. The molecule has 1 aliphatic rings. The fraction of sp³-hybridized carbons (Fsp3) is 0.167. The molecule has 34 heavy (non-hydrogen) atoms. The fourth-order valence-corrected chi connectivity index (χ4v) is 4.55. The Balaban J connectivity index is 1.37. The molecule has 0 radical (unpaired) electrons. The van der Waals surface area contributed by atoms with Crippen LogP contribution in [0.15, 0.2) is 77.7 Å². The Labute approximate surface area is 196 Å². The minimum Gasteiger partial charge on any atom is -0.482 e. The van der Waals surface area contributed by atoms with E-state index < -0.39 is 21.7 Å². The van der Waals surface area contributed by atoms with Crippen molar-refractivity contribution in [3.8, 4) is 5.75 Å². The monoisotopic (exact) mass is 483 g/mol. The largest absolute Gasteiger partial charge is 0.482 e. The summed E-state index contributed by atoms with van der Waals surface area (Å²) in [5, 5.41) is 2.71. The summed E-state index contributed by atoms with van der Waals surface area (Å²) >= 11 is 0.